The van der Waals surface area contributed by atoms with E-state index in [0.717, 1.165) is 65.3 Å². The first-order valence-electron chi connectivity index (χ1n) is 27.9. The van der Waals surface area contributed by atoms with Gasteiger partial charge < -0.3 is 15.3 Å². The van der Waals surface area contributed by atoms with E-state index < -0.39 is 0 Å². The number of nitrogens with one attached hydrogen (secondary N) is 1. The number of hydrogen-bond acceptors (Lipinski definition) is 9. The number of hydrogen-bond donors (Lipinski definition) is 2. The van der Waals surface area contributed by atoms with Crippen LogP contribution in [-0.4, -0.2) is 71.2 Å². The summed E-state index contributed by atoms with van der Waals surface area (Å²) in [5.74, 6) is 0.308. The molecule has 11 heteroatoms. The van der Waals surface area contributed by atoms with Gasteiger partial charge in [0, 0.05) is 129 Å². The van der Waals surface area contributed by atoms with Crippen LogP contribution in [0.25, 0.3) is 0 Å². The summed E-state index contributed by atoms with van der Waals surface area (Å²) >= 11 is 0. The maximum Gasteiger partial charge on any atom is 0.220 e. The molecule has 2 aliphatic heterocycles. The number of unbranched alkanes of at least 4 members (excludes halogenated alkanes) is 2. The van der Waals surface area contributed by atoms with E-state index in [9.17, 15) is 9.90 Å². The topological polar surface area (TPSA) is 114 Å². The molecular weight excluding hydrogens is 975 g/mol. The summed E-state index contributed by atoms with van der Waals surface area (Å²) in [4.78, 5) is 39.0. The number of fused-ring (bicyclic) bond motifs is 2. The molecule has 1 amide bonds. The first kappa shape index (κ1) is 55.6. The van der Waals surface area contributed by atoms with Gasteiger partial charge in [-0.2, -0.15) is 4.58 Å². The number of aromatic hydroxyl groups is 1. The number of pyridine rings is 4. The van der Waals surface area contributed by atoms with Crippen LogP contribution in [0.1, 0.15) is 104 Å². The Hall–Kier alpha value is -8.12. The predicted molar refractivity (Wildman–Crippen MR) is 319 cm³/mol. The van der Waals surface area contributed by atoms with Crippen LogP contribution in [0.4, 0.5) is 11.4 Å². The maximum atomic E-state index is 13.5. The van der Waals surface area contributed by atoms with Gasteiger partial charge >= 0.3 is 0 Å². The molecule has 0 saturated carbocycles. The molecule has 0 saturated heterocycles. The van der Waals surface area contributed by atoms with Crippen molar-refractivity contribution >= 4 is 23.0 Å². The number of anilines is 1. The van der Waals surface area contributed by atoms with E-state index in [-0.39, 0.29) is 22.5 Å². The third kappa shape index (κ3) is 14.3. The Morgan fingerprint density at radius 1 is 0.595 bits per heavy atom. The van der Waals surface area contributed by atoms with E-state index in [1.165, 1.54) is 33.9 Å². The van der Waals surface area contributed by atoms with Gasteiger partial charge in [-0.1, -0.05) is 123 Å². The van der Waals surface area contributed by atoms with Crippen LogP contribution in [0.3, 0.4) is 0 Å². The van der Waals surface area contributed by atoms with Crippen molar-refractivity contribution in [2.75, 3.05) is 25.0 Å². The van der Waals surface area contributed by atoms with Crippen LogP contribution in [0.5, 0.6) is 5.75 Å². The number of allylic oxidation sites excluding steroid dienone is 8. The molecule has 4 aromatic heterocycles. The van der Waals surface area contributed by atoms with Gasteiger partial charge in [0.25, 0.3) is 0 Å². The molecule has 0 unspecified atom stereocenters. The molecule has 0 bridgehead atoms. The van der Waals surface area contributed by atoms with Crippen molar-refractivity contribution in [2.24, 2.45) is 0 Å². The predicted octanol–water partition coefficient (Wildman–Crippen LogP) is 12.7. The lowest BCUT2D eigenvalue weighted by Gasteiger charge is -2.27. The first-order chi connectivity index (χ1) is 38.4. The molecule has 0 atom stereocenters. The van der Waals surface area contributed by atoms with Crippen molar-refractivity contribution in [3.63, 3.8) is 0 Å². The number of para-hydroxylation sites is 2. The lowest BCUT2D eigenvalue weighted by atomic mass is 9.81. The molecule has 0 fully saturated rings. The molecule has 9 rings (SSSR count). The SMILES string of the molecule is C[N+]1=C(/C=C/C=C/C=C/C=C2\N(CCCCCC(=O)NCCc3cc(CN(Cc4ccccn4)Cc4ccccn4)c(O)c(CN(Cc4ccccn4)Cc4ccccn4)c3)c3ccccc3C2(C)C)C(C)(C)c2ccccc21. The van der Waals surface area contributed by atoms with Gasteiger partial charge in [0.15, 0.2) is 5.71 Å². The lowest BCUT2D eigenvalue weighted by molar-refractivity contribution is -0.401. The minimum absolute atomic E-state index is 0.0525. The van der Waals surface area contributed by atoms with Crippen LogP contribution in [0.15, 0.2) is 206 Å². The van der Waals surface area contributed by atoms with Crippen molar-refractivity contribution in [1.82, 2.24) is 35.1 Å². The summed E-state index contributed by atoms with van der Waals surface area (Å²) < 4.78 is 2.30. The van der Waals surface area contributed by atoms with E-state index in [0.29, 0.717) is 58.7 Å². The maximum absolute atomic E-state index is 13.5. The van der Waals surface area contributed by atoms with Crippen LogP contribution in [-0.2, 0) is 61.3 Å². The number of nitrogens with zero attached hydrogens (tertiary/aromatic N) is 8. The summed E-state index contributed by atoms with van der Waals surface area (Å²) in [6, 6.07) is 45.4. The zero-order chi connectivity index (χ0) is 55.0. The summed E-state index contributed by atoms with van der Waals surface area (Å²) in [5, 5.41) is 15.5. The number of carbonyl (C=O) groups is 1. The number of amides is 1. The van der Waals surface area contributed by atoms with Gasteiger partial charge in [0.05, 0.1) is 28.2 Å². The third-order valence-electron chi connectivity index (χ3n) is 15.3. The van der Waals surface area contributed by atoms with E-state index in [2.05, 4.69) is 182 Å². The number of benzene rings is 3. The summed E-state index contributed by atoms with van der Waals surface area (Å²) in [6.45, 7) is 13.8. The molecule has 2 aliphatic rings. The van der Waals surface area contributed by atoms with Gasteiger partial charge in [-0.3, -0.25) is 34.5 Å². The largest absolute Gasteiger partial charge is 0.507 e. The highest BCUT2D eigenvalue weighted by Gasteiger charge is 2.42. The Balaban J connectivity index is 0.830. The molecule has 11 nitrogen and oxygen atoms in total. The highest BCUT2D eigenvalue weighted by atomic mass is 16.3. The molecule has 0 aliphatic carbocycles. The van der Waals surface area contributed by atoms with Gasteiger partial charge in [-0.15, -0.1) is 0 Å². The first-order valence-corrected chi connectivity index (χ1v) is 27.9. The molecule has 7 aromatic rings. The van der Waals surface area contributed by atoms with Crippen molar-refractivity contribution in [3.05, 3.63) is 257 Å². The molecule has 6 heterocycles. The van der Waals surface area contributed by atoms with Crippen LogP contribution in [0, 0.1) is 0 Å². The quantitative estimate of drug-likeness (QED) is 0.0328. The van der Waals surface area contributed by atoms with Crippen LogP contribution in [0.2, 0.25) is 0 Å². The van der Waals surface area contributed by atoms with Crippen LogP contribution >= 0.6 is 0 Å². The number of aromatic nitrogens is 4. The molecule has 79 heavy (non-hydrogen) atoms. The second-order valence-corrected chi connectivity index (χ2v) is 21.8. The van der Waals surface area contributed by atoms with Crippen LogP contribution < -0.4 is 10.2 Å². The fourth-order valence-corrected chi connectivity index (χ4v) is 11.3. The minimum atomic E-state index is -0.148. The number of phenols is 1. The average molecular weight is 1050 g/mol. The Bertz CT molecular complexity index is 3100. The van der Waals surface area contributed by atoms with E-state index in [4.69, 9.17) is 0 Å². The van der Waals surface area contributed by atoms with Crippen molar-refractivity contribution in [3.8, 4) is 5.75 Å². The van der Waals surface area contributed by atoms with Crippen molar-refractivity contribution in [2.45, 2.75) is 110 Å². The van der Waals surface area contributed by atoms with Crippen molar-refractivity contribution < 1.29 is 14.5 Å². The van der Waals surface area contributed by atoms with Gasteiger partial charge in [-0.25, -0.2) is 0 Å². The van der Waals surface area contributed by atoms with Gasteiger partial charge in [0.2, 0.25) is 11.6 Å². The summed E-state index contributed by atoms with van der Waals surface area (Å²) in [7, 11) is 2.15. The highest BCUT2D eigenvalue weighted by molar-refractivity contribution is 6.03. The average Bonchev–Trinajstić information content (AvgIpc) is 4.06. The molecule has 0 spiro atoms. The second kappa shape index (κ2) is 26.5. The van der Waals surface area contributed by atoms with E-state index in [1.54, 1.807) is 0 Å². The second-order valence-electron chi connectivity index (χ2n) is 21.8. The standard InChI is InChI=1S/C68H75N9O2/c1-67(2)59-30-13-15-32-61(59)74(5)63(67)34-10-7-6-8-11-35-64-68(3,4)60-31-14-16-33-62(60)77(64)43-25-9-12-36-65(78)73-42-37-52-44-53(46-75(48-55-26-17-21-38-69-55)49-56-27-18-22-39-70-56)66(79)54(45-52)47-76(50-57-28-19-23-40-71-57)51-58-29-20-24-41-72-58/h6-8,10-11,13-24,26-35,38-41,44-45H,9,12,25,36-37,42-43,46-51H2,1-5H3,(H-,73,78,79)/p+1. The van der Waals surface area contributed by atoms with Gasteiger partial charge in [-0.05, 0) is 105 Å². The molecular formula is C68H76N9O2+. The molecule has 3 aromatic carbocycles. The number of rotatable bonds is 25. The third-order valence-corrected chi connectivity index (χ3v) is 15.3. The zero-order valence-corrected chi connectivity index (χ0v) is 46.7. The lowest BCUT2D eigenvalue weighted by Crippen LogP contribution is -2.27. The fraction of sp³-hybridized carbons (Fsp3) is 0.294. The van der Waals surface area contributed by atoms with Crippen molar-refractivity contribution in [1.29, 1.82) is 0 Å². The number of phenolic OH excluding ortho intramolecular Hbond substituents is 1. The highest BCUT2D eigenvalue weighted by Crippen LogP contribution is 2.48. The summed E-state index contributed by atoms with van der Waals surface area (Å²) in [5.41, 5.74) is 13.9. The molecule has 2 N–H and O–H groups in total. The Morgan fingerprint density at radius 3 is 1.65 bits per heavy atom. The van der Waals surface area contributed by atoms with E-state index >= 15 is 0 Å². The fourth-order valence-electron chi connectivity index (χ4n) is 11.3. The smallest absolute Gasteiger partial charge is 0.220 e. The number of carbonyl (C=O) groups excluding carboxylic acids is 1. The summed E-state index contributed by atoms with van der Waals surface area (Å²) in [6.07, 6.45) is 26.1. The molecule has 0 radical (unpaired) electrons. The molecule has 404 valence electrons. The van der Waals surface area contributed by atoms with E-state index in [1.807, 2.05) is 97.6 Å². The Labute approximate surface area is 468 Å². The normalized spacial score (nSPS) is 15.1. The van der Waals surface area contributed by atoms with Gasteiger partial charge in [0.1, 0.15) is 12.8 Å². The zero-order valence-electron chi connectivity index (χ0n) is 46.7. The Kier molecular flexibility index (Phi) is 18.7. The Morgan fingerprint density at radius 2 is 1.10 bits per heavy atom. The monoisotopic (exact) mass is 1050 g/mol. The minimum Gasteiger partial charge on any atom is -0.507 e.